The number of phenols is 1. The largest absolute Gasteiger partial charge is 0.506 e. The molecule has 0 aliphatic rings. The minimum atomic E-state index is -1.47. The van der Waals surface area contributed by atoms with Gasteiger partial charge in [-0.15, -0.1) is 0 Å². The van der Waals surface area contributed by atoms with Crippen LogP contribution in [0.2, 0.25) is 5.02 Å². The SMILES string of the molecule is O=C(O)c1cc(N=Nc2ccc(Cl)cc2)cc(C(=O)O)c1O. The van der Waals surface area contributed by atoms with Crippen LogP contribution in [-0.4, -0.2) is 27.3 Å². The van der Waals surface area contributed by atoms with Crippen LogP contribution < -0.4 is 0 Å². The molecule has 2 aromatic carbocycles. The fraction of sp³-hybridized carbons (Fsp3) is 0. The molecule has 0 radical (unpaired) electrons. The van der Waals surface area contributed by atoms with E-state index in [1.807, 2.05) is 0 Å². The molecular formula is C14H9ClN2O5. The lowest BCUT2D eigenvalue weighted by Gasteiger charge is -2.05. The average Bonchev–Trinajstić information content (AvgIpc) is 2.47. The molecule has 0 heterocycles. The Hall–Kier alpha value is -2.93. The smallest absolute Gasteiger partial charge is 0.339 e. The summed E-state index contributed by atoms with van der Waals surface area (Å²) in [6, 6.07) is 8.42. The van der Waals surface area contributed by atoms with E-state index in [-0.39, 0.29) is 5.69 Å². The Morgan fingerprint density at radius 3 is 1.77 bits per heavy atom. The molecule has 0 bridgehead atoms. The quantitative estimate of drug-likeness (QED) is 0.739. The van der Waals surface area contributed by atoms with Crippen LogP contribution in [0.1, 0.15) is 20.7 Å². The topological polar surface area (TPSA) is 120 Å². The molecule has 7 nitrogen and oxygen atoms in total. The van der Waals surface area contributed by atoms with Gasteiger partial charge in [-0.25, -0.2) is 9.59 Å². The number of aromatic hydroxyl groups is 1. The van der Waals surface area contributed by atoms with Crippen LogP contribution in [0, 0.1) is 0 Å². The van der Waals surface area contributed by atoms with Crippen molar-refractivity contribution in [2.45, 2.75) is 0 Å². The molecule has 0 saturated carbocycles. The highest BCUT2D eigenvalue weighted by atomic mass is 35.5. The zero-order chi connectivity index (χ0) is 16.3. The summed E-state index contributed by atoms with van der Waals surface area (Å²) in [6.07, 6.45) is 0. The Morgan fingerprint density at radius 1 is 0.864 bits per heavy atom. The van der Waals surface area contributed by atoms with Crippen molar-refractivity contribution in [3.05, 3.63) is 52.5 Å². The van der Waals surface area contributed by atoms with Crippen LogP contribution in [0.5, 0.6) is 5.75 Å². The molecule has 0 aliphatic heterocycles. The average molecular weight is 321 g/mol. The number of halogens is 1. The van der Waals surface area contributed by atoms with E-state index in [9.17, 15) is 14.7 Å². The fourth-order valence-electron chi connectivity index (χ4n) is 1.63. The summed E-state index contributed by atoms with van der Waals surface area (Å²) in [4.78, 5) is 22.0. The Balaban J connectivity index is 2.44. The van der Waals surface area contributed by atoms with Crippen LogP contribution in [0.4, 0.5) is 11.4 Å². The maximum atomic E-state index is 11.0. The standard InChI is InChI=1S/C14H9ClN2O5/c15-7-1-3-8(4-2-7)16-17-9-5-10(13(19)20)12(18)11(6-9)14(21)22/h1-6,18H,(H,19,20)(H,21,22). The van der Waals surface area contributed by atoms with E-state index in [0.717, 1.165) is 12.1 Å². The number of benzene rings is 2. The first-order chi connectivity index (χ1) is 10.4. The van der Waals surface area contributed by atoms with Crippen molar-refractivity contribution in [1.29, 1.82) is 0 Å². The number of hydrogen-bond acceptors (Lipinski definition) is 5. The number of nitrogens with zero attached hydrogens (tertiary/aromatic N) is 2. The monoisotopic (exact) mass is 320 g/mol. The first-order valence-electron chi connectivity index (χ1n) is 5.89. The number of hydrogen-bond donors (Lipinski definition) is 3. The predicted molar refractivity (Wildman–Crippen MR) is 77.7 cm³/mol. The first-order valence-corrected chi connectivity index (χ1v) is 6.27. The zero-order valence-electron chi connectivity index (χ0n) is 10.9. The van der Waals surface area contributed by atoms with Crippen molar-refractivity contribution in [2.24, 2.45) is 10.2 Å². The lowest BCUT2D eigenvalue weighted by molar-refractivity contribution is 0.0691. The minimum absolute atomic E-state index is 0.0115. The Labute approximate surface area is 129 Å². The third-order valence-electron chi connectivity index (χ3n) is 2.66. The zero-order valence-corrected chi connectivity index (χ0v) is 11.7. The Kier molecular flexibility index (Phi) is 4.38. The van der Waals surface area contributed by atoms with Gasteiger partial charge in [0.15, 0.2) is 0 Å². The minimum Gasteiger partial charge on any atom is -0.506 e. The highest BCUT2D eigenvalue weighted by Crippen LogP contribution is 2.30. The molecule has 2 aromatic rings. The molecule has 8 heteroatoms. The van der Waals surface area contributed by atoms with Gasteiger partial charge in [0.05, 0.1) is 11.4 Å². The maximum absolute atomic E-state index is 11.0. The van der Waals surface area contributed by atoms with Gasteiger partial charge in [-0.05, 0) is 36.4 Å². The van der Waals surface area contributed by atoms with E-state index in [0.29, 0.717) is 10.7 Å². The molecule has 0 aromatic heterocycles. The van der Waals surface area contributed by atoms with Crippen molar-refractivity contribution in [3.63, 3.8) is 0 Å². The van der Waals surface area contributed by atoms with Gasteiger partial charge in [0, 0.05) is 5.02 Å². The number of rotatable bonds is 4. The van der Waals surface area contributed by atoms with Crippen LogP contribution in [0.3, 0.4) is 0 Å². The number of aromatic carboxylic acids is 2. The van der Waals surface area contributed by atoms with E-state index >= 15 is 0 Å². The summed E-state index contributed by atoms with van der Waals surface area (Å²) in [5.74, 6) is -3.77. The number of azo groups is 1. The van der Waals surface area contributed by atoms with Crippen LogP contribution >= 0.6 is 11.6 Å². The van der Waals surface area contributed by atoms with Crippen molar-refractivity contribution < 1.29 is 24.9 Å². The molecule has 0 unspecified atom stereocenters. The molecule has 0 saturated heterocycles. The lowest BCUT2D eigenvalue weighted by atomic mass is 10.1. The van der Waals surface area contributed by atoms with Gasteiger partial charge in [-0.3, -0.25) is 0 Å². The second kappa shape index (κ2) is 6.23. The third kappa shape index (κ3) is 3.39. The maximum Gasteiger partial charge on any atom is 0.339 e. The van der Waals surface area contributed by atoms with Gasteiger partial charge in [0.25, 0.3) is 0 Å². The highest BCUT2D eigenvalue weighted by Gasteiger charge is 2.19. The number of carbonyl (C=O) groups is 2. The van der Waals surface area contributed by atoms with Crippen molar-refractivity contribution in [3.8, 4) is 5.75 Å². The molecule has 112 valence electrons. The summed E-state index contributed by atoms with van der Waals surface area (Å²) < 4.78 is 0. The molecule has 0 aliphatic carbocycles. The summed E-state index contributed by atoms with van der Waals surface area (Å²) in [5.41, 5.74) is -0.691. The van der Waals surface area contributed by atoms with E-state index in [1.165, 1.54) is 0 Å². The highest BCUT2D eigenvalue weighted by molar-refractivity contribution is 6.30. The lowest BCUT2D eigenvalue weighted by Crippen LogP contribution is -2.03. The summed E-state index contributed by atoms with van der Waals surface area (Å²) in [5, 5.41) is 35.7. The Morgan fingerprint density at radius 2 is 1.32 bits per heavy atom. The molecular weight excluding hydrogens is 312 g/mol. The van der Waals surface area contributed by atoms with Gasteiger partial charge in [0.2, 0.25) is 0 Å². The predicted octanol–water partition coefficient (Wildman–Crippen LogP) is 3.86. The number of carboxylic acid groups (broad SMARTS) is 2. The van der Waals surface area contributed by atoms with Crippen molar-refractivity contribution >= 4 is 34.9 Å². The van der Waals surface area contributed by atoms with Crippen LogP contribution in [-0.2, 0) is 0 Å². The summed E-state index contributed by atoms with van der Waals surface area (Å²) in [7, 11) is 0. The van der Waals surface area contributed by atoms with Crippen LogP contribution in [0.15, 0.2) is 46.6 Å². The van der Waals surface area contributed by atoms with Gasteiger partial charge >= 0.3 is 11.9 Å². The van der Waals surface area contributed by atoms with Gasteiger partial charge in [-0.1, -0.05) is 11.6 Å². The Bertz CT molecular complexity index is 736. The first kappa shape index (κ1) is 15.5. The molecule has 3 N–H and O–H groups in total. The molecule has 0 atom stereocenters. The van der Waals surface area contributed by atoms with Crippen molar-refractivity contribution in [1.82, 2.24) is 0 Å². The van der Waals surface area contributed by atoms with Crippen molar-refractivity contribution in [2.75, 3.05) is 0 Å². The fourth-order valence-corrected chi connectivity index (χ4v) is 1.75. The molecule has 0 spiro atoms. The van der Waals surface area contributed by atoms with Gasteiger partial charge < -0.3 is 15.3 Å². The molecule has 0 fully saturated rings. The van der Waals surface area contributed by atoms with Gasteiger partial charge in [-0.2, -0.15) is 10.2 Å². The third-order valence-corrected chi connectivity index (χ3v) is 2.92. The molecule has 22 heavy (non-hydrogen) atoms. The second-order valence-electron chi connectivity index (χ2n) is 4.18. The molecule has 2 rings (SSSR count). The normalized spacial score (nSPS) is 10.8. The van der Waals surface area contributed by atoms with Crippen LogP contribution in [0.25, 0.3) is 0 Å². The molecule has 0 amide bonds. The second-order valence-corrected chi connectivity index (χ2v) is 4.61. The summed E-state index contributed by atoms with van der Waals surface area (Å²) in [6.45, 7) is 0. The number of carboxylic acids is 2. The van der Waals surface area contributed by atoms with E-state index in [1.54, 1.807) is 24.3 Å². The van der Waals surface area contributed by atoms with E-state index < -0.39 is 28.8 Å². The van der Waals surface area contributed by atoms with E-state index in [2.05, 4.69) is 10.2 Å². The summed E-state index contributed by atoms with van der Waals surface area (Å²) >= 11 is 5.73. The van der Waals surface area contributed by atoms with E-state index in [4.69, 9.17) is 21.8 Å². The van der Waals surface area contributed by atoms with Gasteiger partial charge in [0.1, 0.15) is 16.9 Å².